The van der Waals surface area contributed by atoms with E-state index in [0.717, 1.165) is 18.2 Å². The maximum atomic E-state index is 13.2. The Morgan fingerprint density at radius 2 is 1.65 bits per heavy atom. The van der Waals surface area contributed by atoms with Crippen molar-refractivity contribution in [3.05, 3.63) is 52.0 Å². The van der Waals surface area contributed by atoms with Gasteiger partial charge in [0.1, 0.15) is 35.5 Å². The zero-order valence-electron chi connectivity index (χ0n) is 13.7. The molecule has 2 aromatic carbocycles. The molecule has 0 heterocycles. The fourth-order valence-electron chi connectivity index (χ4n) is 1.91. The predicted octanol–water partition coefficient (Wildman–Crippen LogP) is 5.19. The first-order valence-electron chi connectivity index (χ1n) is 7.55. The first-order valence-corrected chi connectivity index (χ1v) is 8.31. The van der Waals surface area contributed by atoms with Crippen molar-refractivity contribution in [1.29, 1.82) is 0 Å². The third-order valence-corrected chi connectivity index (χ3v) is 3.55. The van der Waals surface area contributed by atoms with Gasteiger partial charge in [0.05, 0.1) is 23.2 Å². The number of carbonyl (C=O) groups is 1. The fourth-order valence-corrected chi connectivity index (χ4v) is 2.31. The number of benzene rings is 2. The summed E-state index contributed by atoms with van der Waals surface area (Å²) in [6.45, 7) is 2.29. The first-order chi connectivity index (χ1) is 12.4. The van der Waals surface area contributed by atoms with Crippen LogP contribution in [0.4, 0.5) is 13.6 Å². The molecule has 5 nitrogen and oxygen atoms in total. The number of hydrogen-bond acceptors (Lipinski definition) is 4. The zero-order chi connectivity index (χ0) is 19.1. The summed E-state index contributed by atoms with van der Waals surface area (Å²) in [5.74, 6) is -1.25. The Morgan fingerprint density at radius 3 is 2.31 bits per heavy atom. The van der Waals surface area contributed by atoms with Crippen LogP contribution in [0.2, 0.25) is 10.0 Å². The van der Waals surface area contributed by atoms with E-state index in [-0.39, 0.29) is 47.1 Å². The van der Waals surface area contributed by atoms with Crippen molar-refractivity contribution in [3.63, 3.8) is 0 Å². The van der Waals surface area contributed by atoms with Crippen LogP contribution < -0.4 is 14.8 Å². The van der Waals surface area contributed by atoms with E-state index >= 15 is 0 Å². The quantitative estimate of drug-likeness (QED) is 0.644. The molecule has 0 spiro atoms. The SMILES string of the molecule is CCOC(=O)NCCOc1cc(Cl)c(Oc2cc(F)cc(F)c2)cc1Cl. The number of amides is 1. The molecule has 9 heteroatoms. The molecule has 0 fully saturated rings. The van der Waals surface area contributed by atoms with Crippen LogP contribution in [0.5, 0.6) is 17.2 Å². The van der Waals surface area contributed by atoms with Gasteiger partial charge in [-0.25, -0.2) is 13.6 Å². The Hall–Kier alpha value is -2.25. The van der Waals surface area contributed by atoms with Crippen molar-refractivity contribution in [3.8, 4) is 17.2 Å². The number of halogens is 4. The Kier molecular flexibility index (Phi) is 7.29. The highest BCUT2D eigenvalue weighted by atomic mass is 35.5. The lowest BCUT2D eigenvalue weighted by Gasteiger charge is -2.13. The van der Waals surface area contributed by atoms with Gasteiger partial charge in [-0.05, 0) is 6.92 Å². The van der Waals surface area contributed by atoms with E-state index < -0.39 is 17.7 Å². The van der Waals surface area contributed by atoms with Crippen LogP contribution in [0.3, 0.4) is 0 Å². The molecule has 2 rings (SSSR count). The summed E-state index contributed by atoms with van der Waals surface area (Å²) < 4.78 is 41.9. The normalized spacial score (nSPS) is 10.3. The van der Waals surface area contributed by atoms with E-state index in [4.69, 9.17) is 37.4 Å². The summed E-state index contributed by atoms with van der Waals surface area (Å²) in [6, 6.07) is 5.51. The van der Waals surface area contributed by atoms with E-state index in [1.54, 1.807) is 6.92 Å². The highest BCUT2D eigenvalue weighted by Gasteiger charge is 2.12. The van der Waals surface area contributed by atoms with Crippen LogP contribution >= 0.6 is 23.2 Å². The van der Waals surface area contributed by atoms with Gasteiger partial charge in [0.25, 0.3) is 0 Å². The van der Waals surface area contributed by atoms with Gasteiger partial charge in [-0.2, -0.15) is 0 Å². The average Bonchev–Trinajstić information content (AvgIpc) is 2.55. The van der Waals surface area contributed by atoms with Gasteiger partial charge in [0.2, 0.25) is 0 Å². The van der Waals surface area contributed by atoms with Gasteiger partial charge in [-0.15, -0.1) is 0 Å². The Bertz CT molecular complexity index is 769. The second-order valence-corrected chi connectivity index (χ2v) is 5.73. The number of ether oxygens (including phenoxy) is 3. The molecule has 0 atom stereocenters. The first kappa shape index (κ1) is 20.1. The fraction of sp³-hybridized carbons (Fsp3) is 0.235. The minimum Gasteiger partial charge on any atom is -0.490 e. The second kappa shape index (κ2) is 9.45. The Labute approximate surface area is 158 Å². The lowest BCUT2D eigenvalue weighted by Crippen LogP contribution is -2.28. The van der Waals surface area contributed by atoms with Crippen LogP contribution in [-0.2, 0) is 4.74 Å². The lowest BCUT2D eigenvalue weighted by molar-refractivity contribution is 0.150. The Morgan fingerprint density at radius 1 is 1.04 bits per heavy atom. The molecule has 140 valence electrons. The van der Waals surface area contributed by atoms with Crippen molar-refractivity contribution in [2.45, 2.75) is 6.92 Å². The van der Waals surface area contributed by atoms with Gasteiger partial charge in [-0.1, -0.05) is 23.2 Å². The van der Waals surface area contributed by atoms with Crippen LogP contribution in [0.25, 0.3) is 0 Å². The summed E-state index contributed by atoms with van der Waals surface area (Å²) in [5, 5.41) is 2.79. The molecule has 0 saturated carbocycles. The van der Waals surface area contributed by atoms with Crippen LogP contribution in [0, 0.1) is 11.6 Å². The molecule has 0 bridgehead atoms. The number of alkyl carbamates (subject to hydrolysis) is 1. The molecule has 1 amide bonds. The molecule has 0 aliphatic carbocycles. The van der Waals surface area contributed by atoms with E-state index in [1.807, 2.05) is 0 Å². The number of carbonyl (C=O) groups excluding carboxylic acids is 1. The summed E-state index contributed by atoms with van der Waals surface area (Å²) in [5.41, 5.74) is 0. The third-order valence-electron chi connectivity index (χ3n) is 2.95. The van der Waals surface area contributed by atoms with Gasteiger partial charge >= 0.3 is 6.09 Å². The molecular formula is C17H15Cl2F2NO4. The molecule has 2 aromatic rings. The van der Waals surface area contributed by atoms with E-state index in [0.29, 0.717) is 0 Å². The highest BCUT2D eigenvalue weighted by Crippen LogP contribution is 2.38. The van der Waals surface area contributed by atoms with Crippen LogP contribution in [-0.4, -0.2) is 25.9 Å². The summed E-state index contributed by atoms with van der Waals surface area (Å²) >= 11 is 12.2. The lowest BCUT2D eigenvalue weighted by atomic mass is 10.3. The molecule has 0 saturated heterocycles. The molecule has 0 radical (unpaired) electrons. The highest BCUT2D eigenvalue weighted by molar-refractivity contribution is 6.35. The zero-order valence-corrected chi connectivity index (χ0v) is 15.2. The number of rotatable bonds is 7. The van der Waals surface area contributed by atoms with Gasteiger partial charge < -0.3 is 19.5 Å². The van der Waals surface area contributed by atoms with Crippen molar-refractivity contribution >= 4 is 29.3 Å². The largest absolute Gasteiger partial charge is 0.490 e. The molecule has 0 aliphatic heterocycles. The Balaban J connectivity index is 2.00. The van der Waals surface area contributed by atoms with Crippen molar-refractivity contribution in [2.24, 2.45) is 0 Å². The third kappa shape index (κ3) is 5.93. The minimum atomic E-state index is -0.781. The standard InChI is InChI=1S/C17H15Cl2F2NO4/c1-2-24-17(23)22-3-4-25-15-8-14(19)16(9-13(15)18)26-12-6-10(20)5-11(21)7-12/h5-9H,2-4H2,1H3,(H,22,23). The molecule has 0 unspecified atom stereocenters. The van der Waals surface area contributed by atoms with Gasteiger partial charge in [0.15, 0.2) is 0 Å². The van der Waals surface area contributed by atoms with E-state index in [1.165, 1.54) is 12.1 Å². The minimum absolute atomic E-state index is 0.0622. The van der Waals surface area contributed by atoms with Crippen molar-refractivity contribution < 1.29 is 27.8 Å². The topological polar surface area (TPSA) is 56.8 Å². The predicted molar refractivity (Wildman–Crippen MR) is 93.4 cm³/mol. The smallest absolute Gasteiger partial charge is 0.407 e. The summed E-state index contributed by atoms with van der Waals surface area (Å²) in [6.07, 6.45) is -0.550. The van der Waals surface area contributed by atoms with Crippen LogP contribution in [0.15, 0.2) is 30.3 Å². The van der Waals surface area contributed by atoms with Crippen molar-refractivity contribution in [2.75, 3.05) is 19.8 Å². The molecule has 1 N–H and O–H groups in total. The van der Waals surface area contributed by atoms with Crippen LogP contribution in [0.1, 0.15) is 6.92 Å². The number of hydrogen-bond donors (Lipinski definition) is 1. The maximum absolute atomic E-state index is 13.2. The van der Waals surface area contributed by atoms with Crippen molar-refractivity contribution in [1.82, 2.24) is 5.32 Å². The van der Waals surface area contributed by atoms with E-state index in [9.17, 15) is 13.6 Å². The number of nitrogens with one attached hydrogen (secondary N) is 1. The monoisotopic (exact) mass is 405 g/mol. The molecule has 26 heavy (non-hydrogen) atoms. The maximum Gasteiger partial charge on any atom is 0.407 e. The average molecular weight is 406 g/mol. The molecule has 0 aromatic heterocycles. The molecular weight excluding hydrogens is 391 g/mol. The van der Waals surface area contributed by atoms with Gasteiger partial charge in [-0.3, -0.25) is 0 Å². The van der Waals surface area contributed by atoms with Gasteiger partial charge in [0, 0.05) is 30.3 Å². The summed E-state index contributed by atoms with van der Waals surface area (Å²) in [7, 11) is 0. The second-order valence-electron chi connectivity index (χ2n) is 4.92. The summed E-state index contributed by atoms with van der Waals surface area (Å²) in [4.78, 5) is 11.1. The van der Waals surface area contributed by atoms with E-state index in [2.05, 4.69) is 5.32 Å². The molecule has 0 aliphatic rings.